The Labute approximate surface area is 100 Å². The standard InChI is InChI=1S/C11H17N5O/c1-8(17)14-9-2-4-16(5-3-9)11-7-13-6-10(12)15-11/h6-7,9H,2-5H2,1H3,(H2,12,15)(H,14,17). The molecule has 0 spiro atoms. The molecule has 0 aliphatic carbocycles. The average molecular weight is 235 g/mol. The zero-order valence-corrected chi connectivity index (χ0v) is 9.89. The van der Waals surface area contributed by atoms with Crippen molar-refractivity contribution in [2.24, 2.45) is 0 Å². The highest BCUT2D eigenvalue weighted by molar-refractivity contribution is 5.73. The second kappa shape index (κ2) is 4.99. The summed E-state index contributed by atoms with van der Waals surface area (Å²) in [7, 11) is 0. The number of carbonyl (C=O) groups is 1. The minimum atomic E-state index is 0.0344. The van der Waals surface area contributed by atoms with Crippen molar-refractivity contribution in [2.75, 3.05) is 23.7 Å². The first-order valence-electron chi connectivity index (χ1n) is 5.74. The van der Waals surface area contributed by atoms with Crippen molar-refractivity contribution in [3.63, 3.8) is 0 Å². The fourth-order valence-corrected chi connectivity index (χ4v) is 2.06. The maximum absolute atomic E-state index is 10.9. The molecule has 1 aliphatic heterocycles. The third-order valence-electron chi connectivity index (χ3n) is 2.87. The topological polar surface area (TPSA) is 84.1 Å². The largest absolute Gasteiger partial charge is 0.382 e. The van der Waals surface area contributed by atoms with Crippen molar-refractivity contribution in [3.8, 4) is 0 Å². The number of hydrogen-bond donors (Lipinski definition) is 2. The van der Waals surface area contributed by atoms with E-state index in [1.54, 1.807) is 13.1 Å². The number of rotatable bonds is 2. The molecular formula is C11H17N5O. The Kier molecular flexibility index (Phi) is 3.41. The fourth-order valence-electron chi connectivity index (χ4n) is 2.06. The number of nitrogens with two attached hydrogens (primary N) is 1. The van der Waals surface area contributed by atoms with Gasteiger partial charge in [-0.05, 0) is 12.8 Å². The molecular weight excluding hydrogens is 218 g/mol. The van der Waals surface area contributed by atoms with Crippen LogP contribution in [0, 0.1) is 0 Å². The Morgan fingerprint density at radius 2 is 2.18 bits per heavy atom. The van der Waals surface area contributed by atoms with Crippen LogP contribution in [0.4, 0.5) is 11.6 Å². The predicted octanol–water partition coefficient (Wildman–Crippen LogP) is 0.164. The second-order valence-corrected chi connectivity index (χ2v) is 4.26. The summed E-state index contributed by atoms with van der Waals surface area (Å²) >= 11 is 0. The van der Waals surface area contributed by atoms with Crippen molar-refractivity contribution < 1.29 is 4.79 Å². The summed E-state index contributed by atoms with van der Waals surface area (Å²) in [5.74, 6) is 1.28. The molecule has 3 N–H and O–H groups in total. The molecule has 0 radical (unpaired) electrons. The van der Waals surface area contributed by atoms with E-state index in [4.69, 9.17) is 5.73 Å². The summed E-state index contributed by atoms with van der Waals surface area (Å²) in [5, 5.41) is 2.94. The molecule has 0 aromatic carbocycles. The highest BCUT2D eigenvalue weighted by atomic mass is 16.1. The van der Waals surface area contributed by atoms with Crippen LogP contribution in [0.5, 0.6) is 0 Å². The van der Waals surface area contributed by atoms with Crippen molar-refractivity contribution in [1.29, 1.82) is 0 Å². The first kappa shape index (κ1) is 11.6. The van der Waals surface area contributed by atoms with Crippen molar-refractivity contribution in [1.82, 2.24) is 15.3 Å². The van der Waals surface area contributed by atoms with Gasteiger partial charge in [0.15, 0.2) is 0 Å². The fraction of sp³-hybridized carbons (Fsp3) is 0.545. The van der Waals surface area contributed by atoms with Crippen LogP contribution in [0.25, 0.3) is 0 Å². The van der Waals surface area contributed by atoms with Gasteiger partial charge in [0, 0.05) is 26.1 Å². The monoisotopic (exact) mass is 235 g/mol. The molecule has 0 saturated carbocycles. The van der Waals surface area contributed by atoms with Crippen molar-refractivity contribution in [3.05, 3.63) is 12.4 Å². The van der Waals surface area contributed by atoms with E-state index in [1.165, 1.54) is 6.20 Å². The number of piperidine rings is 1. The first-order chi connectivity index (χ1) is 8.15. The molecule has 2 rings (SSSR count). The van der Waals surface area contributed by atoms with E-state index in [0.717, 1.165) is 31.7 Å². The predicted molar refractivity (Wildman–Crippen MR) is 65.5 cm³/mol. The molecule has 0 atom stereocenters. The summed E-state index contributed by atoms with van der Waals surface area (Å²) in [5.41, 5.74) is 5.60. The van der Waals surface area contributed by atoms with Crippen LogP contribution >= 0.6 is 0 Å². The summed E-state index contributed by atoms with van der Waals surface area (Å²) in [6.45, 7) is 3.28. The van der Waals surface area contributed by atoms with E-state index in [1.807, 2.05) is 0 Å². The van der Waals surface area contributed by atoms with Crippen LogP contribution < -0.4 is 16.0 Å². The number of nitrogens with zero attached hydrogens (tertiary/aromatic N) is 3. The molecule has 6 heteroatoms. The molecule has 6 nitrogen and oxygen atoms in total. The molecule has 17 heavy (non-hydrogen) atoms. The second-order valence-electron chi connectivity index (χ2n) is 4.26. The van der Waals surface area contributed by atoms with Gasteiger partial charge in [-0.3, -0.25) is 9.78 Å². The number of amides is 1. The minimum Gasteiger partial charge on any atom is -0.382 e. The van der Waals surface area contributed by atoms with Crippen LogP contribution in [-0.2, 0) is 4.79 Å². The van der Waals surface area contributed by atoms with Gasteiger partial charge in [-0.25, -0.2) is 4.98 Å². The quantitative estimate of drug-likeness (QED) is 0.763. The van der Waals surface area contributed by atoms with Crippen LogP contribution in [0.1, 0.15) is 19.8 Å². The molecule has 0 bridgehead atoms. The number of hydrogen-bond acceptors (Lipinski definition) is 5. The van der Waals surface area contributed by atoms with Gasteiger partial charge >= 0.3 is 0 Å². The van der Waals surface area contributed by atoms with E-state index in [9.17, 15) is 4.79 Å². The Bertz CT molecular complexity index is 401. The highest BCUT2D eigenvalue weighted by Gasteiger charge is 2.20. The molecule has 0 unspecified atom stereocenters. The van der Waals surface area contributed by atoms with Crippen molar-refractivity contribution >= 4 is 17.5 Å². The number of nitrogens with one attached hydrogen (secondary N) is 1. The van der Waals surface area contributed by atoms with Crippen LogP contribution in [0.2, 0.25) is 0 Å². The zero-order valence-electron chi connectivity index (χ0n) is 9.89. The maximum Gasteiger partial charge on any atom is 0.217 e. The van der Waals surface area contributed by atoms with Gasteiger partial charge in [0.05, 0.1) is 12.4 Å². The average Bonchev–Trinajstić information content (AvgIpc) is 2.29. The molecule has 1 saturated heterocycles. The summed E-state index contributed by atoms with van der Waals surface area (Å²) in [6, 6.07) is 0.276. The summed E-state index contributed by atoms with van der Waals surface area (Å²) in [4.78, 5) is 21.3. The third-order valence-corrected chi connectivity index (χ3v) is 2.87. The molecule has 92 valence electrons. The number of nitrogen functional groups attached to an aromatic ring is 1. The SMILES string of the molecule is CC(=O)NC1CCN(c2cncc(N)n2)CC1. The molecule has 1 fully saturated rings. The molecule has 1 aromatic heterocycles. The smallest absolute Gasteiger partial charge is 0.217 e. The van der Waals surface area contributed by atoms with Gasteiger partial charge in [0.2, 0.25) is 5.91 Å². The molecule has 1 aliphatic rings. The molecule has 1 amide bonds. The van der Waals surface area contributed by atoms with Gasteiger partial charge in [-0.15, -0.1) is 0 Å². The van der Waals surface area contributed by atoms with Crippen LogP contribution in [-0.4, -0.2) is 35.0 Å². The number of anilines is 2. The Morgan fingerprint density at radius 3 is 2.76 bits per heavy atom. The van der Waals surface area contributed by atoms with Gasteiger partial charge in [0.1, 0.15) is 11.6 Å². The van der Waals surface area contributed by atoms with Crippen molar-refractivity contribution in [2.45, 2.75) is 25.8 Å². The lowest BCUT2D eigenvalue weighted by Crippen LogP contribution is -2.44. The normalized spacial score (nSPS) is 16.9. The van der Waals surface area contributed by atoms with Crippen LogP contribution in [0.3, 0.4) is 0 Å². The van der Waals surface area contributed by atoms with E-state index >= 15 is 0 Å². The highest BCUT2D eigenvalue weighted by Crippen LogP contribution is 2.17. The molecule has 2 heterocycles. The first-order valence-corrected chi connectivity index (χ1v) is 5.74. The molecule has 1 aromatic rings. The summed E-state index contributed by atoms with van der Waals surface area (Å²) < 4.78 is 0. The zero-order chi connectivity index (χ0) is 12.3. The lowest BCUT2D eigenvalue weighted by Gasteiger charge is -2.32. The van der Waals surface area contributed by atoms with Crippen LogP contribution in [0.15, 0.2) is 12.4 Å². The van der Waals surface area contributed by atoms with E-state index in [2.05, 4.69) is 20.2 Å². The van der Waals surface area contributed by atoms with Gasteiger partial charge in [0.25, 0.3) is 0 Å². The van der Waals surface area contributed by atoms with E-state index in [0.29, 0.717) is 5.82 Å². The lowest BCUT2D eigenvalue weighted by atomic mass is 10.1. The number of aromatic nitrogens is 2. The van der Waals surface area contributed by atoms with E-state index in [-0.39, 0.29) is 11.9 Å². The Hall–Kier alpha value is -1.85. The Morgan fingerprint density at radius 1 is 1.47 bits per heavy atom. The Balaban J connectivity index is 1.93. The lowest BCUT2D eigenvalue weighted by molar-refractivity contribution is -0.119. The van der Waals surface area contributed by atoms with Gasteiger partial charge in [-0.1, -0.05) is 0 Å². The minimum absolute atomic E-state index is 0.0344. The van der Waals surface area contributed by atoms with Gasteiger partial charge < -0.3 is 16.0 Å². The van der Waals surface area contributed by atoms with E-state index < -0.39 is 0 Å². The summed E-state index contributed by atoms with van der Waals surface area (Å²) in [6.07, 6.45) is 5.11. The van der Waals surface area contributed by atoms with Gasteiger partial charge in [-0.2, -0.15) is 0 Å². The number of carbonyl (C=O) groups excluding carboxylic acids is 1. The maximum atomic E-state index is 10.9. The third kappa shape index (κ3) is 3.05.